The van der Waals surface area contributed by atoms with Gasteiger partial charge in [-0.25, -0.2) is 0 Å². The maximum absolute atomic E-state index is 12.5. The molecule has 0 spiro atoms. The molecule has 3 aromatic rings. The highest BCUT2D eigenvalue weighted by molar-refractivity contribution is 6.31. The minimum atomic E-state index is -0.334. The summed E-state index contributed by atoms with van der Waals surface area (Å²) in [6, 6.07) is 15.3. The van der Waals surface area contributed by atoms with Crippen LogP contribution < -0.4 is 10.2 Å². The predicted molar refractivity (Wildman–Crippen MR) is 107 cm³/mol. The summed E-state index contributed by atoms with van der Waals surface area (Å²) in [5.74, 6) is -0.457. The van der Waals surface area contributed by atoms with E-state index in [9.17, 15) is 9.59 Å². The average Bonchev–Trinajstić information content (AvgIpc) is 3.26. The van der Waals surface area contributed by atoms with E-state index in [1.807, 2.05) is 30.5 Å². The summed E-state index contributed by atoms with van der Waals surface area (Å²) in [5, 5.41) is 4.73. The number of hydrogen-bond donors (Lipinski definition) is 2. The van der Waals surface area contributed by atoms with Gasteiger partial charge in [0.15, 0.2) is 0 Å². The number of hydrogen-bond acceptors (Lipinski definition) is 2. The molecule has 1 saturated heterocycles. The van der Waals surface area contributed by atoms with Crippen molar-refractivity contribution in [2.75, 3.05) is 18.0 Å². The number of H-pyrrole nitrogens is 1. The molecule has 0 radical (unpaired) electrons. The van der Waals surface area contributed by atoms with Gasteiger partial charge in [0.1, 0.15) is 0 Å². The third-order valence-electron chi connectivity index (χ3n) is 4.98. The zero-order valence-corrected chi connectivity index (χ0v) is 15.5. The van der Waals surface area contributed by atoms with E-state index in [1.165, 1.54) is 10.9 Å². The van der Waals surface area contributed by atoms with Crippen molar-refractivity contribution in [1.29, 1.82) is 0 Å². The Morgan fingerprint density at radius 1 is 1.22 bits per heavy atom. The minimum Gasteiger partial charge on any atom is -0.361 e. The van der Waals surface area contributed by atoms with Crippen LogP contribution in [0.2, 0.25) is 5.02 Å². The second-order valence-electron chi connectivity index (χ2n) is 6.79. The van der Waals surface area contributed by atoms with E-state index < -0.39 is 0 Å². The summed E-state index contributed by atoms with van der Waals surface area (Å²) >= 11 is 6.01. The quantitative estimate of drug-likeness (QED) is 0.710. The van der Waals surface area contributed by atoms with Crippen molar-refractivity contribution in [1.82, 2.24) is 10.3 Å². The van der Waals surface area contributed by atoms with Crippen LogP contribution in [-0.4, -0.2) is 29.9 Å². The van der Waals surface area contributed by atoms with Crippen LogP contribution in [0.25, 0.3) is 10.9 Å². The number of carbonyl (C=O) groups is 2. The molecule has 1 aliphatic rings. The molecule has 5 nitrogen and oxygen atoms in total. The molecule has 1 aromatic heterocycles. The highest BCUT2D eigenvalue weighted by atomic mass is 35.5. The predicted octanol–water partition coefficient (Wildman–Crippen LogP) is 3.53. The minimum absolute atomic E-state index is 0.0472. The number of halogens is 1. The Labute approximate surface area is 162 Å². The van der Waals surface area contributed by atoms with Crippen molar-refractivity contribution in [3.8, 4) is 0 Å². The zero-order valence-electron chi connectivity index (χ0n) is 14.7. The monoisotopic (exact) mass is 381 g/mol. The molecule has 2 N–H and O–H groups in total. The van der Waals surface area contributed by atoms with Crippen LogP contribution in [0.15, 0.2) is 54.7 Å². The Kier molecular flexibility index (Phi) is 4.86. The van der Waals surface area contributed by atoms with Gasteiger partial charge in [0.05, 0.1) is 5.92 Å². The Morgan fingerprint density at radius 3 is 2.93 bits per heavy atom. The standard InChI is InChI=1S/C21H20ClN3O2/c22-16-4-3-5-17(11-16)25-13-15(10-20(25)26)21(27)23-9-8-14-12-24-19-7-2-1-6-18(14)19/h1-7,11-12,15,24H,8-10,13H2,(H,23,27). The summed E-state index contributed by atoms with van der Waals surface area (Å²) < 4.78 is 0. The first-order chi connectivity index (χ1) is 13.1. The van der Waals surface area contributed by atoms with Crippen molar-refractivity contribution in [2.24, 2.45) is 5.92 Å². The Balaban J connectivity index is 1.34. The lowest BCUT2D eigenvalue weighted by Gasteiger charge is -2.17. The number of benzene rings is 2. The number of aromatic amines is 1. The van der Waals surface area contributed by atoms with Crippen LogP contribution in [0, 0.1) is 5.92 Å². The molecule has 2 aromatic carbocycles. The van der Waals surface area contributed by atoms with Crippen LogP contribution in [-0.2, 0) is 16.0 Å². The van der Waals surface area contributed by atoms with E-state index in [-0.39, 0.29) is 24.2 Å². The molecule has 6 heteroatoms. The molecule has 1 fully saturated rings. The number of fused-ring (bicyclic) bond motifs is 1. The van der Waals surface area contributed by atoms with E-state index in [4.69, 9.17) is 11.6 Å². The lowest BCUT2D eigenvalue weighted by atomic mass is 10.1. The second kappa shape index (κ2) is 7.45. The second-order valence-corrected chi connectivity index (χ2v) is 7.22. The first kappa shape index (κ1) is 17.6. The van der Waals surface area contributed by atoms with E-state index in [1.54, 1.807) is 23.1 Å². The lowest BCUT2D eigenvalue weighted by molar-refractivity contribution is -0.126. The SMILES string of the molecule is O=C(NCCc1c[nH]c2ccccc12)C1CC(=O)N(c2cccc(Cl)c2)C1. The summed E-state index contributed by atoms with van der Waals surface area (Å²) in [6.45, 7) is 0.931. The smallest absolute Gasteiger partial charge is 0.227 e. The van der Waals surface area contributed by atoms with Gasteiger partial charge >= 0.3 is 0 Å². The van der Waals surface area contributed by atoms with E-state index in [0.29, 0.717) is 18.1 Å². The highest BCUT2D eigenvalue weighted by Crippen LogP contribution is 2.27. The van der Waals surface area contributed by atoms with Crippen LogP contribution in [0.4, 0.5) is 5.69 Å². The van der Waals surface area contributed by atoms with Crippen molar-refractivity contribution in [3.63, 3.8) is 0 Å². The Hall–Kier alpha value is -2.79. The molecule has 1 unspecified atom stereocenters. The first-order valence-electron chi connectivity index (χ1n) is 9.00. The maximum Gasteiger partial charge on any atom is 0.227 e. The summed E-state index contributed by atoms with van der Waals surface area (Å²) in [5.41, 5.74) is 3.01. The average molecular weight is 382 g/mol. The fraction of sp³-hybridized carbons (Fsp3) is 0.238. The topological polar surface area (TPSA) is 65.2 Å². The molecule has 1 atom stereocenters. The largest absolute Gasteiger partial charge is 0.361 e. The van der Waals surface area contributed by atoms with E-state index in [2.05, 4.69) is 16.4 Å². The molecule has 0 aliphatic carbocycles. The molecule has 4 rings (SSSR count). The molecule has 2 amide bonds. The maximum atomic E-state index is 12.5. The van der Waals surface area contributed by atoms with Gasteiger partial charge in [-0.05, 0) is 36.2 Å². The Bertz CT molecular complexity index is 998. The van der Waals surface area contributed by atoms with Gasteiger partial charge in [-0.1, -0.05) is 35.9 Å². The van der Waals surface area contributed by atoms with Gasteiger partial charge in [-0.3, -0.25) is 9.59 Å². The molecule has 1 aliphatic heterocycles. The zero-order chi connectivity index (χ0) is 18.8. The number of para-hydroxylation sites is 1. The van der Waals surface area contributed by atoms with E-state index >= 15 is 0 Å². The Morgan fingerprint density at radius 2 is 2.07 bits per heavy atom. The molecular formula is C21H20ClN3O2. The van der Waals surface area contributed by atoms with Crippen LogP contribution in [0.3, 0.4) is 0 Å². The summed E-state index contributed by atoms with van der Waals surface area (Å²) in [4.78, 5) is 29.7. The van der Waals surface area contributed by atoms with Gasteiger partial charge in [0, 0.05) is 47.3 Å². The molecular weight excluding hydrogens is 362 g/mol. The fourth-order valence-electron chi connectivity index (χ4n) is 3.58. The summed E-state index contributed by atoms with van der Waals surface area (Å²) in [7, 11) is 0. The van der Waals surface area contributed by atoms with Crippen molar-refractivity contribution < 1.29 is 9.59 Å². The fourth-order valence-corrected chi connectivity index (χ4v) is 3.76. The van der Waals surface area contributed by atoms with Crippen LogP contribution >= 0.6 is 11.6 Å². The van der Waals surface area contributed by atoms with Gasteiger partial charge < -0.3 is 15.2 Å². The number of nitrogens with one attached hydrogen (secondary N) is 2. The molecule has 27 heavy (non-hydrogen) atoms. The number of carbonyl (C=O) groups excluding carboxylic acids is 2. The number of aromatic nitrogens is 1. The van der Waals surface area contributed by atoms with Crippen LogP contribution in [0.1, 0.15) is 12.0 Å². The van der Waals surface area contributed by atoms with Crippen LogP contribution in [0.5, 0.6) is 0 Å². The molecule has 0 bridgehead atoms. The normalized spacial score (nSPS) is 16.9. The third-order valence-corrected chi connectivity index (χ3v) is 5.22. The number of amides is 2. The van der Waals surface area contributed by atoms with Crippen molar-refractivity contribution >= 4 is 40.0 Å². The third kappa shape index (κ3) is 3.69. The van der Waals surface area contributed by atoms with Crippen molar-refractivity contribution in [3.05, 3.63) is 65.3 Å². The number of anilines is 1. The van der Waals surface area contributed by atoms with E-state index in [0.717, 1.165) is 17.6 Å². The summed E-state index contributed by atoms with van der Waals surface area (Å²) in [6.07, 6.45) is 2.96. The number of nitrogens with zero attached hydrogens (tertiary/aromatic N) is 1. The van der Waals surface area contributed by atoms with Gasteiger partial charge in [0.25, 0.3) is 0 Å². The highest BCUT2D eigenvalue weighted by Gasteiger charge is 2.35. The molecule has 0 saturated carbocycles. The number of rotatable bonds is 5. The van der Waals surface area contributed by atoms with Gasteiger partial charge in [0.2, 0.25) is 11.8 Å². The van der Waals surface area contributed by atoms with Gasteiger partial charge in [-0.15, -0.1) is 0 Å². The van der Waals surface area contributed by atoms with Gasteiger partial charge in [-0.2, -0.15) is 0 Å². The molecule has 2 heterocycles. The van der Waals surface area contributed by atoms with Crippen molar-refractivity contribution in [2.45, 2.75) is 12.8 Å². The first-order valence-corrected chi connectivity index (χ1v) is 9.38. The lowest BCUT2D eigenvalue weighted by Crippen LogP contribution is -2.34. The molecule has 138 valence electrons.